The van der Waals surface area contributed by atoms with Crippen molar-refractivity contribution in [2.75, 3.05) is 37.2 Å². The monoisotopic (exact) mass is 504 g/mol. The molecule has 2 N–H and O–H groups in total. The van der Waals surface area contributed by atoms with Gasteiger partial charge in [0.25, 0.3) is 0 Å². The van der Waals surface area contributed by atoms with E-state index in [1.54, 1.807) is 11.7 Å². The van der Waals surface area contributed by atoms with Gasteiger partial charge in [-0.1, -0.05) is 6.07 Å². The van der Waals surface area contributed by atoms with Crippen LogP contribution in [0.15, 0.2) is 57.1 Å². The molecule has 1 amide bonds. The van der Waals surface area contributed by atoms with E-state index in [9.17, 15) is 4.79 Å². The Kier molecular flexibility index (Phi) is 5.15. The Morgan fingerprint density at radius 1 is 1.14 bits per heavy atom. The van der Waals surface area contributed by atoms with Crippen molar-refractivity contribution in [3.63, 3.8) is 0 Å². The molecule has 0 spiro atoms. The van der Waals surface area contributed by atoms with Gasteiger partial charge in [0.2, 0.25) is 0 Å². The zero-order valence-corrected chi connectivity index (χ0v) is 18.4. The van der Waals surface area contributed by atoms with Crippen LogP contribution in [-0.2, 0) is 11.2 Å². The first-order valence-corrected chi connectivity index (χ1v) is 13.8. The molecule has 2 aromatic carbocycles. The summed E-state index contributed by atoms with van der Waals surface area (Å²) >= 11 is -1.39. The Balaban J connectivity index is 1.14. The molecular weight excluding hydrogens is 479 g/mol. The second kappa shape index (κ2) is 7.79. The quantitative estimate of drug-likeness (QED) is 0.216. The second-order valence-corrected chi connectivity index (χ2v) is 13.2. The number of carbonyl (C=O) groups excluding carboxylic acids is 1. The fourth-order valence-corrected chi connectivity index (χ4v) is 10.7. The Bertz CT molecular complexity index is 999. The normalized spacial score (nSPS) is 25.6. The number of halogens is 1. The molecule has 5 rings (SSSR count). The molecule has 29 heavy (non-hydrogen) atoms. The molecule has 2 fully saturated rings. The summed E-state index contributed by atoms with van der Waals surface area (Å²) in [7, 11) is 0. The van der Waals surface area contributed by atoms with E-state index >= 15 is 0 Å². The number of hydrogen-bond acceptors (Lipinski definition) is 5. The van der Waals surface area contributed by atoms with Crippen molar-refractivity contribution in [2.24, 2.45) is 4.99 Å². The number of aliphatic imine (C=N–C) groups is 1. The number of benzene rings is 2. The third-order valence-electron chi connectivity index (χ3n) is 6.03. The van der Waals surface area contributed by atoms with Crippen molar-refractivity contribution >= 4 is 42.7 Å². The standard InChI is InChI=1S/C22H25IN4O2/c28-21(25-29)20-14-23-16-22(23,24-15-20)27-11-9-26(10-12-27)8-7-17-5-6-18-3-1-2-4-19(18)13-17/h1-6,13-15,29H,7-12,16H2,(H,25,28)/t22-/m1/s1. The summed E-state index contributed by atoms with van der Waals surface area (Å²) < 4.78 is 3.23. The third kappa shape index (κ3) is 3.72. The number of alkyl halides is 2. The number of nitrogens with one attached hydrogen (secondary N) is 1. The van der Waals surface area contributed by atoms with Crippen LogP contribution in [0.4, 0.5) is 0 Å². The number of rotatable bonds is 5. The fraction of sp³-hybridized carbons (Fsp3) is 0.364. The molecule has 7 heteroatoms. The van der Waals surface area contributed by atoms with Crippen LogP contribution in [0.1, 0.15) is 5.56 Å². The van der Waals surface area contributed by atoms with Crippen LogP contribution in [-0.4, -0.2) is 67.9 Å². The summed E-state index contributed by atoms with van der Waals surface area (Å²) in [6.07, 6.45) is 2.73. The average molecular weight is 504 g/mol. The van der Waals surface area contributed by atoms with Crippen LogP contribution in [0, 0.1) is 0 Å². The number of hydroxylamine groups is 1. The number of fused-ring (bicyclic) bond motifs is 2. The van der Waals surface area contributed by atoms with E-state index in [4.69, 9.17) is 10.2 Å². The van der Waals surface area contributed by atoms with E-state index in [1.807, 2.05) is 0 Å². The van der Waals surface area contributed by atoms with Crippen molar-refractivity contribution in [1.29, 1.82) is 0 Å². The zero-order valence-electron chi connectivity index (χ0n) is 16.2. The van der Waals surface area contributed by atoms with Gasteiger partial charge in [0.15, 0.2) is 0 Å². The molecule has 1 atom stereocenters. The number of carbonyl (C=O) groups is 1. The Labute approximate surface area is 177 Å². The fourth-order valence-electron chi connectivity index (χ4n) is 4.21. The van der Waals surface area contributed by atoms with Gasteiger partial charge in [-0.3, -0.25) is 0 Å². The molecule has 3 heterocycles. The van der Waals surface area contributed by atoms with Crippen LogP contribution in [0.3, 0.4) is 0 Å². The average Bonchev–Trinajstić information content (AvgIpc) is 3.52. The van der Waals surface area contributed by atoms with Gasteiger partial charge in [-0.25, -0.2) is 0 Å². The summed E-state index contributed by atoms with van der Waals surface area (Å²) in [5.41, 5.74) is 3.64. The number of amides is 1. The van der Waals surface area contributed by atoms with Gasteiger partial charge >= 0.3 is 172 Å². The Morgan fingerprint density at radius 2 is 1.93 bits per heavy atom. The minimum atomic E-state index is -1.39. The van der Waals surface area contributed by atoms with E-state index in [0.717, 1.165) is 43.6 Å². The maximum absolute atomic E-state index is 11.6. The molecule has 0 bridgehead atoms. The molecule has 0 saturated carbocycles. The Hall–Kier alpha value is -1.81. The zero-order chi connectivity index (χ0) is 19.8. The molecule has 2 aromatic rings. The molecule has 0 aliphatic carbocycles. The second-order valence-electron chi connectivity index (χ2n) is 7.77. The van der Waals surface area contributed by atoms with E-state index in [1.165, 1.54) is 16.3 Å². The van der Waals surface area contributed by atoms with Gasteiger partial charge in [0, 0.05) is 0 Å². The number of nitrogens with zero attached hydrogens (tertiary/aromatic N) is 3. The van der Waals surface area contributed by atoms with Crippen LogP contribution < -0.4 is 5.48 Å². The van der Waals surface area contributed by atoms with Crippen LogP contribution in [0.25, 0.3) is 10.8 Å². The van der Waals surface area contributed by atoms with Crippen molar-refractivity contribution < 1.29 is 10.0 Å². The molecule has 0 unspecified atom stereocenters. The first-order valence-electron chi connectivity index (χ1n) is 9.99. The molecular formula is C22H25IN4O2. The van der Waals surface area contributed by atoms with Crippen LogP contribution in [0.5, 0.6) is 0 Å². The van der Waals surface area contributed by atoms with Crippen molar-refractivity contribution in [2.45, 2.75) is 10.1 Å². The summed E-state index contributed by atoms with van der Waals surface area (Å²) in [5, 5.41) is 11.4. The number of hydrogen-bond donors (Lipinski definition) is 2. The summed E-state index contributed by atoms with van der Waals surface area (Å²) in [5.74, 6) is -0.440. The topological polar surface area (TPSA) is 68.2 Å². The first-order chi connectivity index (χ1) is 14.2. The van der Waals surface area contributed by atoms with Crippen molar-refractivity contribution in [3.05, 3.63) is 57.7 Å². The van der Waals surface area contributed by atoms with E-state index in [-0.39, 0.29) is 3.67 Å². The van der Waals surface area contributed by atoms with Gasteiger partial charge in [-0.2, -0.15) is 0 Å². The predicted molar refractivity (Wildman–Crippen MR) is 124 cm³/mol. The Morgan fingerprint density at radius 3 is 2.69 bits per heavy atom. The molecule has 0 aromatic heterocycles. The van der Waals surface area contributed by atoms with Gasteiger partial charge in [0.1, 0.15) is 0 Å². The van der Waals surface area contributed by atoms with Gasteiger partial charge in [-0.15, -0.1) is 0 Å². The van der Waals surface area contributed by atoms with E-state index in [0.29, 0.717) is 5.57 Å². The molecule has 6 nitrogen and oxygen atoms in total. The first kappa shape index (κ1) is 19.2. The van der Waals surface area contributed by atoms with Crippen LogP contribution >= 0.6 is 19.8 Å². The van der Waals surface area contributed by atoms with E-state index in [2.05, 4.69) is 56.3 Å². The molecule has 3 aliphatic rings. The number of piperazine rings is 1. The van der Waals surface area contributed by atoms with Gasteiger partial charge in [-0.05, 0) is 0 Å². The summed E-state index contributed by atoms with van der Waals surface area (Å²) in [6, 6.07) is 15.3. The maximum atomic E-state index is 11.6. The van der Waals surface area contributed by atoms with Crippen molar-refractivity contribution in [3.8, 4) is 0 Å². The van der Waals surface area contributed by atoms with Gasteiger partial charge < -0.3 is 0 Å². The molecule has 2 saturated heterocycles. The minimum absolute atomic E-state index is 0.00753. The SMILES string of the molecule is O=C(NO)C1=CI2C[C@]2(N2CCN(CCc3ccc4ccccc4c3)CC2)N=C1. The predicted octanol–water partition coefficient (Wildman–Crippen LogP) is 2.65. The van der Waals surface area contributed by atoms with Crippen LogP contribution in [0.2, 0.25) is 0 Å². The molecule has 152 valence electrons. The van der Waals surface area contributed by atoms with E-state index < -0.39 is 25.7 Å². The summed E-state index contributed by atoms with van der Waals surface area (Å²) in [6.45, 7) is 5.31. The molecule has 3 aliphatic heterocycles. The third-order valence-corrected chi connectivity index (χ3v) is 12.0. The van der Waals surface area contributed by atoms with Gasteiger partial charge in [0.05, 0.1) is 0 Å². The summed E-state index contributed by atoms with van der Waals surface area (Å²) in [4.78, 5) is 21.5. The molecule has 0 radical (unpaired) electrons. The van der Waals surface area contributed by atoms with Crippen molar-refractivity contribution in [1.82, 2.24) is 15.3 Å².